The molecule has 0 aromatic carbocycles. The summed E-state index contributed by atoms with van der Waals surface area (Å²) in [6.07, 6.45) is 3.84. The van der Waals surface area contributed by atoms with Crippen molar-refractivity contribution in [3.8, 4) is 0 Å². The quantitative estimate of drug-likeness (QED) is 0.575. The summed E-state index contributed by atoms with van der Waals surface area (Å²) in [6, 6.07) is 0. The summed E-state index contributed by atoms with van der Waals surface area (Å²) in [5, 5.41) is 4.53. The molecule has 0 saturated carbocycles. The van der Waals surface area contributed by atoms with Gasteiger partial charge in [0.15, 0.2) is 5.96 Å². The molecule has 1 atom stereocenters. The van der Waals surface area contributed by atoms with E-state index in [-0.39, 0.29) is 12.5 Å². The molecule has 25 heavy (non-hydrogen) atoms. The first-order valence-corrected chi connectivity index (χ1v) is 9.46. The summed E-state index contributed by atoms with van der Waals surface area (Å²) < 4.78 is 5.43. The maximum Gasteiger partial charge on any atom is 0.243 e. The normalized spacial score (nSPS) is 17.6. The molecule has 7 nitrogen and oxygen atoms in total. The molecule has 0 radical (unpaired) electrons. The first-order chi connectivity index (χ1) is 12.0. The van der Waals surface area contributed by atoms with Crippen LogP contribution in [0.15, 0.2) is 11.2 Å². The zero-order valence-electron chi connectivity index (χ0n) is 15.6. The van der Waals surface area contributed by atoms with E-state index in [0.717, 1.165) is 50.1 Å². The monoisotopic (exact) mass is 367 g/mol. The smallest absolute Gasteiger partial charge is 0.243 e. The van der Waals surface area contributed by atoms with Crippen molar-refractivity contribution in [2.45, 2.75) is 19.8 Å². The number of carbonyl (C=O) groups excluding carboxylic acids is 1. The fourth-order valence-corrected chi connectivity index (χ4v) is 3.24. The number of hydrogen-bond acceptors (Lipinski definition) is 5. The summed E-state index contributed by atoms with van der Waals surface area (Å²) in [4.78, 5) is 25.6. The number of aryl methyl sites for hydroxylation is 1. The van der Waals surface area contributed by atoms with Crippen molar-refractivity contribution in [1.29, 1.82) is 0 Å². The summed E-state index contributed by atoms with van der Waals surface area (Å²) in [5.74, 6) is 1.26. The number of thiazole rings is 1. The summed E-state index contributed by atoms with van der Waals surface area (Å²) in [7, 11) is 5.49. The average Bonchev–Trinajstić information content (AvgIpc) is 3.23. The summed E-state index contributed by atoms with van der Waals surface area (Å²) >= 11 is 1.72. The van der Waals surface area contributed by atoms with Gasteiger partial charge >= 0.3 is 0 Å². The van der Waals surface area contributed by atoms with E-state index in [2.05, 4.69) is 27.1 Å². The number of likely N-dealkylation sites (N-methyl/N-ethyl adjacent to an activating group) is 2. The highest BCUT2D eigenvalue weighted by atomic mass is 32.1. The second-order valence-corrected chi connectivity index (χ2v) is 7.89. The Balaban J connectivity index is 1.92. The van der Waals surface area contributed by atoms with Crippen molar-refractivity contribution in [2.24, 2.45) is 10.9 Å². The zero-order chi connectivity index (χ0) is 18.2. The summed E-state index contributed by atoms with van der Waals surface area (Å²) in [5.41, 5.74) is 0. The van der Waals surface area contributed by atoms with Gasteiger partial charge in [-0.15, -0.1) is 11.3 Å². The Morgan fingerprint density at radius 3 is 2.88 bits per heavy atom. The molecular formula is C17H29N5O2S. The van der Waals surface area contributed by atoms with E-state index in [0.29, 0.717) is 5.92 Å². The van der Waals surface area contributed by atoms with Crippen molar-refractivity contribution >= 4 is 23.2 Å². The first-order valence-electron chi connectivity index (χ1n) is 8.64. The van der Waals surface area contributed by atoms with Gasteiger partial charge in [-0.3, -0.25) is 4.79 Å². The second kappa shape index (κ2) is 9.72. The molecule has 1 unspecified atom stereocenters. The van der Waals surface area contributed by atoms with Crippen molar-refractivity contribution in [1.82, 2.24) is 20.1 Å². The highest BCUT2D eigenvalue weighted by Gasteiger charge is 2.17. The maximum atomic E-state index is 11.9. The van der Waals surface area contributed by atoms with Crippen molar-refractivity contribution < 1.29 is 9.53 Å². The van der Waals surface area contributed by atoms with Crippen molar-refractivity contribution in [3.05, 3.63) is 16.1 Å². The fourth-order valence-electron chi connectivity index (χ4n) is 2.46. The van der Waals surface area contributed by atoms with Gasteiger partial charge < -0.3 is 19.9 Å². The highest BCUT2D eigenvalue weighted by Crippen LogP contribution is 2.12. The average molecular weight is 368 g/mol. The standard InChI is InChI=1S/C17H29N5O2S/c1-13-9-18-15(25-13)5-7-22(4)17(20-11-16(23)21(2)3)19-10-14-6-8-24-12-14/h9,14H,5-8,10-12H2,1-4H3,(H,19,20). The molecule has 1 saturated heterocycles. The van der Waals surface area contributed by atoms with E-state index in [9.17, 15) is 4.79 Å². The number of aliphatic imine (C=N–C) groups is 1. The molecule has 8 heteroatoms. The van der Waals surface area contributed by atoms with Gasteiger partial charge in [-0.1, -0.05) is 0 Å². The van der Waals surface area contributed by atoms with E-state index < -0.39 is 0 Å². The minimum absolute atomic E-state index is 0.00699. The molecule has 1 aromatic heterocycles. The molecule has 1 N–H and O–H groups in total. The van der Waals surface area contributed by atoms with E-state index in [4.69, 9.17) is 4.74 Å². The second-order valence-electron chi connectivity index (χ2n) is 6.57. The van der Waals surface area contributed by atoms with Crippen LogP contribution in [0.2, 0.25) is 0 Å². The van der Waals surface area contributed by atoms with Gasteiger partial charge in [-0.25, -0.2) is 9.98 Å². The van der Waals surface area contributed by atoms with Crippen LogP contribution in [0.4, 0.5) is 0 Å². The molecule has 140 valence electrons. The third-order valence-corrected chi connectivity index (χ3v) is 5.10. The molecule has 1 fully saturated rings. The minimum atomic E-state index is -0.00699. The fraction of sp³-hybridized carbons (Fsp3) is 0.706. The van der Waals surface area contributed by atoms with Crippen LogP contribution >= 0.6 is 11.3 Å². The third-order valence-electron chi connectivity index (χ3n) is 4.13. The number of nitrogens with zero attached hydrogens (tertiary/aromatic N) is 4. The van der Waals surface area contributed by atoms with Gasteiger partial charge in [0.25, 0.3) is 0 Å². The van der Waals surface area contributed by atoms with E-state index in [1.165, 1.54) is 4.88 Å². The van der Waals surface area contributed by atoms with Gasteiger partial charge in [-0.05, 0) is 13.3 Å². The van der Waals surface area contributed by atoms with Crippen LogP contribution in [0.3, 0.4) is 0 Å². The van der Waals surface area contributed by atoms with Gasteiger partial charge in [0.2, 0.25) is 5.91 Å². The largest absolute Gasteiger partial charge is 0.381 e. The molecule has 0 aliphatic carbocycles. The van der Waals surface area contributed by atoms with Crippen LogP contribution in [-0.2, 0) is 16.0 Å². The predicted molar refractivity (Wildman–Crippen MR) is 101 cm³/mol. The van der Waals surface area contributed by atoms with Gasteiger partial charge in [0, 0.05) is 64.3 Å². The third kappa shape index (κ3) is 6.62. The number of guanidine groups is 1. The number of nitrogens with one attached hydrogen (secondary N) is 1. The van der Waals surface area contributed by atoms with Gasteiger partial charge in [0.05, 0.1) is 11.6 Å². The Morgan fingerprint density at radius 1 is 1.48 bits per heavy atom. The van der Waals surface area contributed by atoms with Gasteiger partial charge in [-0.2, -0.15) is 0 Å². The SMILES string of the molecule is Cc1cnc(CCN(C)C(=NCC(=O)N(C)C)NCC2CCOC2)s1. The Labute approximate surface area is 154 Å². The van der Waals surface area contributed by atoms with Gasteiger partial charge in [0.1, 0.15) is 6.54 Å². The van der Waals surface area contributed by atoms with E-state index in [1.54, 1.807) is 30.3 Å². The molecule has 2 rings (SSSR count). The number of ether oxygens (including phenoxy) is 1. The first kappa shape index (κ1) is 19.7. The zero-order valence-corrected chi connectivity index (χ0v) is 16.4. The van der Waals surface area contributed by atoms with Crippen LogP contribution in [0.25, 0.3) is 0 Å². The summed E-state index contributed by atoms with van der Waals surface area (Å²) in [6.45, 7) is 5.45. The molecule has 1 aliphatic rings. The number of amides is 1. The molecule has 1 amide bonds. The molecule has 2 heterocycles. The lowest BCUT2D eigenvalue weighted by molar-refractivity contribution is -0.127. The number of aromatic nitrogens is 1. The predicted octanol–water partition coefficient (Wildman–Crippen LogP) is 0.996. The Bertz CT molecular complexity index is 581. The molecule has 0 bridgehead atoms. The lowest BCUT2D eigenvalue weighted by Crippen LogP contribution is -2.42. The number of rotatable bonds is 7. The molecule has 0 spiro atoms. The molecule has 1 aromatic rings. The Morgan fingerprint density at radius 2 is 2.28 bits per heavy atom. The lowest BCUT2D eigenvalue weighted by atomic mass is 10.1. The number of hydrogen-bond donors (Lipinski definition) is 1. The van der Waals surface area contributed by atoms with Crippen LogP contribution in [0, 0.1) is 12.8 Å². The lowest BCUT2D eigenvalue weighted by Gasteiger charge is -2.23. The van der Waals surface area contributed by atoms with Crippen molar-refractivity contribution in [2.75, 3.05) is 54.0 Å². The Kier molecular flexibility index (Phi) is 7.64. The molecular weight excluding hydrogens is 338 g/mol. The molecule has 1 aliphatic heterocycles. The van der Waals surface area contributed by atoms with Crippen LogP contribution < -0.4 is 5.32 Å². The topological polar surface area (TPSA) is 70.1 Å². The maximum absolute atomic E-state index is 11.9. The number of carbonyl (C=O) groups is 1. The Hall–Kier alpha value is -1.67. The highest BCUT2D eigenvalue weighted by molar-refractivity contribution is 7.11. The van der Waals surface area contributed by atoms with Crippen LogP contribution in [-0.4, -0.2) is 80.6 Å². The minimum Gasteiger partial charge on any atom is -0.381 e. The van der Waals surface area contributed by atoms with Crippen LogP contribution in [0.5, 0.6) is 0 Å². The van der Waals surface area contributed by atoms with Crippen LogP contribution in [0.1, 0.15) is 16.3 Å². The van der Waals surface area contributed by atoms with Crippen molar-refractivity contribution in [3.63, 3.8) is 0 Å². The van der Waals surface area contributed by atoms with E-state index in [1.807, 2.05) is 13.2 Å². The van der Waals surface area contributed by atoms with E-state index >= 15 is 0 Å².